The first-order chi connectivity index (χ1) is 8.81. The quantitative estimate of drug-likeness (QED) is 0.484. The minimum Gasteiger partial charge on any atom is -0.870 e. The van der Waals surface area contributed by atoms with Gasteiger partial charge in [-0.05, 0) is 11.6 Å². The molecule has 0 bridgehead atoms. The lowest BCUT2D eigenvalue weighted by Gasteiger charge is -2.22. The number of rotatable bonds is 5. The average Bonchev–Trinajstić information content (AvgIpc) is 2.29. The second kappa shape index (κ2) is 7.72. The summed E-state index contributed by atoms with van der Waals surface area (Å²) in [5.74, 6) is -0.105. The summed E-state index contributed by atoms with van der Waals surface area (Å²) in [6.45, 7) is 0.333. The molecule has 0 atom stereocenters. The van der Waals surface area contributed by atoms with Crippen molar-refractivity contribution >= 4 is 24.5 Å². The smallest absolute Gasteiger partial charge is 0.295 e. The maximum absolute atomic E-state index is 11.5. The summed E-state index contributed by atoms with van der Waals surface area (Å²) < 4.78 is 5.44. The summed E-state index contributed by atoms with van der Waals surface area (Å²) in [5.41, 5.74) is 3.12. The fourth-order valence-corrected chi connectivity index (χ4v) is 1.41. The second-order valence-electron chi connectivity index (χ2n) is 5.15. The zero-order valence-electron chi connectivity index (χ0n) is 12.0. The Morgan fingerprint density at radius 1 is 1.45 bits per heavy atom. The van der Waals surface area contributed by atoms with Crippen LogP contribution in [0.25, 0.3) is 0 Å². The van der Waals surface area contributed by atoms with Gasteiger partial charge in [0, 0.05) is 0 Å². The van der Waals surface area contributed by atoms with E-state index in [9.17, 15) is 9.90 Å². The zero-order chi connectivity index (χ0) is 14.5. The first kappa shape index (κ1) is 18.2. The Kier molecular flexibility index (Phi) is 7.02. The summed E-state index contributed by atoms with van der Waals surface area (Å²) in [6.07, 6.45) is 1.47. The molecule has 0 unspecified atom stereocenters. The molecule has 0 spiro atoms. The molecule has 7 heteroatoms. The Balaban J connectivity index is 0.00000361. The number of carbonyl (C=O) groups is 1. The Labute approximate surface area is 125 Å². The first-order valence-corrected chi connectivity index (χ1v) is 5.79. The highest BCUT2D eigenvalue weighted by Crippen LogP contribution is 2.22. The van der Waals surface area contributed by atoms with E-state index in [2.05, 4.69) is 10.5 Å². The number of nitrogens with zero attached hydrogens (tertiary/aromatic N) is 2. The fourth-order valence-electron chi connectivity index (χ4n) is 1.41. The van der Waals surface area contributed by atoms with E-state index < -0.39 is 0 Å². The monoisotopic (exact) mass is 301 g/mol. The highest BCUT2D eigenvalue weighted by atomic mass is 35.5. The van der Waals surface area contributed by atoms with Gasteiger partial charge in [0.2, 0.25) is 0 Å². The molecule has 1 amide bonds. The van der Waals surface area contributed by atoms with Crippen molar-refractivity contribution in [2.45, 2.75) is 0 Å². The number of quaternary nitrogens is 1. The molecular weight excluding hydrogens is 282 g/mol. The van der Waals surface area contributed by atoms with E-state index in [1.165, 1.54) is 19.4 Å². The minimum atomic E-state index is -0.186. The number of hydrogen-bond donors (Lipinski definition) is 1. The van der Waals surface area contributed by atoms with Gasteiger partial charge in [0.15, 0.2) is 6.54 Å². The van der Waals surface area contributed by atoms with Crippen LogP contribution in [0.15, 0.2) is 23.3 Å². The molecule has 0 fully saturated rings. The molecule has 0 saturated carbocycles. The van der Waals surface area contributed by atoms with Gasteiger partial charge < -0.3 is 14.3 Å². The average molecular weight is 302 g/mol. The van der Waals surface area contributed by atoms with Gasteiger partial charge in [0.05, 0.1) is 34.5 Å². The third-order valence-electron chi connectivity index (χ3n) is 2.21. The zero-order valence-corrected chi connectivity index (χ0v) is 12.9. The second-order valence-corrected chi connectivity index (χ2v) is 5.15. The molecule has 0 radical (unpaired) electrons. The van der Waals surface area contributed by atoms with Crippen LogP contribution in [0, 0.1) is 0 Å². The van der Waals surface area contributed by atoms with Crippen molar-refractivity contribution in [3.63, 3.8) is 0 Å². The number of ether oxygens (including phenoxy) is 1. The molecule has 1 aromatic rings. The van der Waals surface area contributed by atoms with Gasteiger partial charge in [0.1, 0.15) is 5.75 Å². The van der Waals surface area contributed by atoms with Gasteiger partial charge in [-0.25, -0.2) is 5.43 Å². The predicted octanol–water partition coefficient (Wildman–Crippen LogP) is 0.347. The number of methoxy groups -OCH3 is 1. The lowest BCUT2D eigenvalue weighted by atomic mass is 10.2. The lowest BCUT2D eigenvalue weighted by molar-refractivity contribution is -0.862. The van der Waals surface area contributed by atoms with Crippen LogP contribution in [0.2, 0.25) is 0 Å². The van der Waals surface area contributed by atoms with Crippen LogP contribution in [0.3, 0.4) is 0 Å². The van der Waals surface area contributed by atoms with E-state index in [1.54, 1.807) is 12.1 Å². The molecule has 1 N–H and O–H groups in total. The van der Waals surface area contributed by atoms with Crippen molar-refractivity contribution < 1.29 is 19.1 Å². The number of amides is 1. The van der Waals surface area contributed by atoms with Crippen molar-refractivity contribution in [2.24, 2.45) is 5.10 Å². The van der Waals surface area contributed by atoms with Gasteiger partial charge in [-0.1, -0.05) is 17.9 Å². The van der Waals surface area contributed by atoms with Crippen molar-refractivity contribution in [3.8, 4) is 11.5 Å². The Morgan fingerprint density at radius 2 is 2.10 bits per heavy atom. The number of carbonyl (C=O) groups excluding carboxylic acids is 1. The van der Waals surface area contributed by atoms with E-state index in [0.717, 1.165) is 0 Å². The number of nitrogens with one attached hydrogen (secondary N) is 1. The van der Waals surface area contributed by atoms with Crippen LogP contribution in [-0.2, 0) is 4.79 Å². The lowest BCUT2D eigenvalue weighted by Crippen LogP contribution is -2.43. The third-order valence-corrected chi connectivity index (χ3v) is 2.21. The number of hydrazone groups is 1. The summed E-state index contributed by atoms with van der Waals surface area (Å²) in [6, 6.07) is 4.58. The van der Waals surface area contributed by atoms with Crippen molar-refractivity contribution in [1.82, 2.24) is 5.43 Å². The summed E-state index contributed by atoms with van der Waals surface area (Å²) in [4.78, 5) is 11.5. The first-order valence-electron chi connectivity index (χ1n) is 5.79. The third kappa shape index (κ3) is 6.40. The number of likely N-dealkylation sites (N-methyl/N-ethyl adjacent to an activating group) is 1. The van der Waals surface area contributed by atoms with E-state index in [4.69, 9.17) is 4.74 Å². The summed E-state index contributed by atoms with van der Waals surface area (Å²) in [7, 11) is 7.18. The summed E-state index contributed by atoms with van der Waals surface area (Å²) >= 11 is 0. The molecule has 0 aliphatic carbocycles. The molecular formula is C13H20ClN3O3. The molecule has 0 aromatic heterocycles. The van der Waals surface area contributed by atoms with Crippen molar-refractivity contribution in [1.29, 1.82) is 0 Å². The molecule has 6 nitrogen and oxygen atoms in total. The summed E-state index contributed by atoms with van der Waals surface area (Å²) in [5, 5.41) is 15.1. The van der Waals surface area contributed by atoms with Gasteiger partial charge >= 0.3 is 0 Å². The molecule has 0 heterocycles. The van der Waals surface area contributed by atoms with Gasteiger partial charge in [0.25, 0.3) is 5.91 Å². The van der Waals surface area contributed by atoms with Gasteiger partial charge in [-0.3, -0.25) is 4.79 Å². The Hall–Kier alpha value is -1.79. The fraction of sp³-hybridized carbons (Fsp3) is 0.385. The highest BCUT2D eigenvalue weighted by molar-refractivity contribution is 5.85. The van der Waals surface area contributed by atoms with Crippen molar-refractivity contribution in [3.05, 3.63) is 23.8 Å². The normalized spacial score (nSPS) is 11.0. The molecule has 112 valence electrons. The molecule has 1 aromatic carbocycles. The molecule has 0 saturated heterocycles. The predicted molar refractivity (Wildman–Crippen MR) is 78.3 cm³/mol. The largest absolute Gasteiger partial charge is 0.870 e. The van der Waals surface area contributed by atoms with Gasteiger partial charge in [-0.2, -0.15) is 5.10 Å². The van der Waals surface area contributed by atoms with Crippen LogP contribution < -0.4 is 15.3 Å². The maximum atomic E-state index is 11.5. The van der Waals surface area contributed by atoms with E-state index in [0.29, 0.717) is 16.6 Å². The SMILES string of the molecule is COc1cc(C=NNC(=O)C[N+](C)(C)C)ccc1[O-].Cl. The van der Waals surface area contributed by atoms with Crippen LogP contribution in [0.1, 0.15) is 5.56 Å². The number of hydrogen-bond acceptors (Lipinski definition) is 4. The molecule has 0 aliphatic heterocycles. The van der Waals surface area contributed by atoms with Gasteiger partial charge in [-0.15, -0.1) is 12.4 Å². The Bertz CT molecular complexity index is 484. The Morgan fingerprint density at radius 3 is 2.65 bits per heavy atom. The topological polar surface area (TPSA) is 73.8 Å². The molecule has 1 rings (SSSR count). The van der Waals surface area contributed by atoms with E-state index in [-0.39, 0.29) is 29.8 Å². The van der Waals surface area contributed by atoms with Crippen LogP contribution in [0.4, 0.5) is 0 Å². The number of halogens is 1. The molecule has 0 aliphatic rings. The minimum absolute atomic E-state index is 0. The van der Waals surface area contributed by atoms with Crippen LogP contribution >= 0.6 is 12.4 Å². The van der Waals surface area contributed by atoms with E-state index in [1.807, 2.05) is 21.1 Å². The highest BCUT2D eigenvalue weighted by Gasteiger charge is 2.12. The van der Waals surface area contributed by atoms with Crippen molar-refractivity contribution in [2.75, 3.05) is 34.8 Å². The molecule has 20 heavy (non-hydrogen) atoms. The standard InChI is InChI=1S/C13H19N3O3.ClH/c1-16(2,3)9-13(18)15-14-8-10-5-6-11(17)12(7-10)19-4;/h5-8H,9H2,1-4H3,(H-,14,15,17,18);1H. The van der Waals surface area contributed by atoms with Crippen LogP contribution in [0.5, 0.6) is 11.5 Å². The van der Waals surface area contributed by atoms with E-state index >= 15 is 0 Å². The maximum Gasteiger partial charge on any atom is 0.295 e. The van der Waals surface area contributed by atoms with Crippen LogP contribution in [-0.4, -0.2) is 51.4 Å². The number of benzene rings is 1.